The van der Waals surface area contributed by atoms with Crippen LogP contribution in [0.25, 0.3) is 0 Å². The molecular weight excluding hydrogens is 267 g/mol. The number of hydrogen-bond donors (Lipinski definition) is 0. The van der Waals surface area contributed by atoms with Crippen molar-refractivity contribution in [2.45, 2.75) is 12.6 Å². The molecule has 0 spiro atoms. The van der Waals surface area contributed by atoms with E-state index in [9.17, 15) is 32.1 Å². The maximum atomic E-state index is 12.6. The van der Waals surface area contributed by atoms with Gasteiger partial charge in [-0.2, -0.15) is 13.2 Å². The Morgan fingerprint density at radius 2 is 2.00 bits per heavy atom. The van der Waals surface area contributed by atoms with Crippen molar-refractivity contribution in [1.29, 1.82) is 0 Å². The molecule has 0 aliphatic heterocycles. The number of aromatic nitrogens is 1. The minimum absolute atomic E-state index is 0.119. The predicted octanol–water partition coefficient (Wildman–Crippen LogP) is 2.95. The van der Waals surface area contributed by atoms with Gasteiger partial charge in [-0.3, -0.25) is 0 Å². The van der Waals surface area contributed by atoms with Crippen LogP contribution in [0.2, 0.25) is 0 Å². The molecule has 0 radical (unpaired) electrons. The van der Waals surface area contributed by atoms with Gasteiger partial charge in [0.05, 0.1) is 12.7 Å². The second-order valence-electron chi connectivity index (χ2n) is 3.00. The van der Waals surface area contributed by atoms with Crippen LogP contribution in [0.15, 0.2) is 6.20 Å². The summed E-state index contributed by atoms with van der Waals surface area (Å²) < 4.78 is 67.0. The van der Waals surface area contributed by atoms with Gasteiger partial charge in [0.1, 0.15) is 11.8 Å². The van der Waals surface area contributed by atoms with Gasteiger partial charge >= 0.3 is 12.0 Å². The van der Waals surface area contributed by atoms with E-state index in [-0.39, 0.29) is 6.20 Å². The van der Waals surface area contributed by atoms with Crippen molar-refractivity contribution in [3.63, 3.8) is 0 Å². The first kappa shape index (κ1) is 14.1. The van der Waals surface area contributed by atoms with Crippen molar-refractivity contribution in [2.75, 3.05) is 7.11 Å². The van der Waals surface area contributed by atoms with Gasteiger partial charge in [-0.05, 0) is 9.91 Å². The second kappa shape index (κ2) is 4.70. The van der Waals surface area contributed by atoms with E-state index in [1.165, 1.54) is 0 Å². The van der Waals surface area contributed by atoms with Crippen molar-refractivity contribution in [3.8, 4) is 5.75 Å². The number of ether oxygens (including phenoxy) is 1. The van der Waals surface area contributed by atoms with Gasteiger partial charge in [-0.1, -0.05) is 0 Å². The second-order valence-corrected chi connectivity index (χ2v) is 3.00. The first-order valence-electron chi connectivity index (χ1n) is 4.26. The normalized spacial score (nSPS) is 11.7. The molecule has 0 aliphatic rings. The Bertz CT molecular complexity index is 475. The van der Waals surface area contributed by atoms with Gasteiger partial charge in [0.15, 0.2) is 0 Å². The molecule has 1 aromatic rings. The largest absolute Gasteiger partial charge is 0.489 e. The number of rotatable bonds is 3. The molecule has 0 saturated carbocycles. The van der Waals surface area contributed by atoms with Gasteiger partial charge in [-0.25, -0.2) is 8.78 Å². The minimum Gasteiger partial charge on any atom is -0.489 e. The van der Waals surface area contributed by atoms with Crippen LogP contribution in [-0.2, 0) is 6.18 Å². The first-order chi connectivity index (χ1) is 8.20. The van der Waals surface area contributed by atoms with Crippen molar-refractivity contribution in [1.82, 2.24) is 4.98 Å². The third-order valence-electron chi connectivity index (χ3n) is 1.94. The molecule has 0 aliphatic carbocycles. The highest BCUT2D eigenvalue weighted by Crippen LogP contribution is 2.44. The summed E-state index contributed by atoms with van der Waals surface area (Å²) in [4.78, 5) is 12.1. The van der Waals surface area contributed by atoms with Crippen LogP contribution in [0.3, 0.4) is 0 Å². The Morgan fingerprint density at radius 3 is 2.33 bits per heavy atom. The molecular formula is C8H5F5N2O3. The lowest BCUT2D eigenvalue weighted by Crippen LogP contribution is -2.14. The standard InChI is InChI=1S/C8H5F5N2O3/c1-18-5-4(8(11,12)13)3(6(9)10)2-14-7(5)15(16)17/h2,6H,1H3. The van der Waals surface area contributed by atoms with Crippen LogP contribution in [-0.4, -0.2) is 17.0 Å². The highest BCUT2D eigenvalue weighted by molar-refractivity contribution is 5.51. The van der Waals surface area contributed by atoms with Crippen LogP contribution in [0, 0.1) is 10.1 Å². The van der Waals surface area contributed by atoms with Crippen molar-refractivity contribution in [3.05, 3.63) is 27.4 Å². The van der Waals surface area contributed by atoms with Crippen LogP contribution < -0.4 is 4.74 Å². The molecule has 10 heteroatoms. The predicted molar refractivity (Wildman–Crippen MR) is 47.4 cm³/mol. The molecule has 5 nitrogen and oxygen atoms in total. The zero-order chi connectivity index (χ0) is 14.1. The molecule has 1 heterocycles. The molecule has 0 aromatic carbocycles. The number of pyridine rings is 1. The third kappa shape index (κ3) is 2.46. The molecule has 1 rings (SSSR count). The quantitative estimate of drug-likeness (QED) is 0.482. The zero-order valence-electron chi connectivity index (χ0n) is 8.66. The van der Waals surface area contributed by atoms with Crippen LogP contribution in [0.1, 0.15) is 17.6 Å². The number of alkyl halides is 5. The van der Waals surface area contributed by atoms with E-state index in [4.69, 9.17) is 0 Å². The number of methoxy groups -OCH3 is 1. The first-order valence-corrected chi connectivity index (χ1v) is 4.26. The summed E-state index contributed by atoms with van der Waals surface area (Å²) in [5.41, 5.74) is -3.35. The maximum absolute atomic E-state index is 12.6. The van der Waals surface area contributed by atoms with Gasteiger partial charge < -0.3 is 14.9 Å². The fourth-order valence-electron chi connectivity index (χ4n) is 1.28. The van der Waals surface area contributed by atoms with Gasteiger partial charge in [0, 0.05) is 0 Å². The average molecular weight is 272 g/mol. The molecule has 0 saturated heterocycles. The molecule has 0 fully saturated rings. The summed E-state index contributed by atoms with van der Waals surface area (Å²) in [5, 5.41) is 10.4. The van der Waals surface area contributed by atoms with E-state index in [2.05, 4.69) is 9.72 Å². The molecule has 1 aromatic heterocycles. The Hall–Kier alpha value is -2.00. The van der Waals surface area contributed by atoms with Crippen molar-refractivity contribution >= 4 is 5.82 Å². The van der Waals surface area contributed by atoms with Gasteiger partial charge in [-0.15, -0.1) is 0 Å². The Labute approximate surface area is 96.3 Å². The lowest BCUT2D eigenvalue weighted by atomic mass is 10.1. The monoisotopic (exact) mass is 272 g/mol. The lowest BCUT2D eigenvalue weighted by molar-refractivity contribution is -0.390. The van der Waals surface area contributed by atoms with E-state index in [0.29, 0.717) is 7.11 Å². The Balaban J connectivity index is 3.67. The number of nitrogens with zero attached hydrogens (tertiary/aromatic N) is 2. The van der Waals surface area contributed by atoms with Crippen LogP contribution in [0.5, 0.6) is 5.75 Å². The summed E-state index contributed by atoms with van der Waals surface area (Å²) in [6.07, 6.45) is -8.58. The lowest BCUT2D eigenvalue weighted by Gasteiger charge is -2.14. The molecule has 0 bridgehead atoms. The van der Waals surface area contributed by atoms with Crippen molar-refractivity contribution < 1.29 is 31.6 Å². The fraction of sp³-hybridized carbons (Fsp3) is 0.375. The zero-order valence-corrected chi connectivity index (χ0v) is 8.66. The molecule has 100 valence electrons. The molecule has 0 unspecified atom stereocenters. The highest BCUT2D eigenvalue weighted by Gasteiger charge is 2.43. The van der Waals surface area contributed by atoms with Gasteiger partial charge in [0.25, 0.3) is 6.43 Å². The Kier molecular flexibility index (Phi) is 3.67. The third-order valence-corrected chi connectivity index (χ3v) is 1.94. The summed E-state index contributed by atoms with van der Waals surface area (Å²) in [5.74, 6) is -2.60. The fourth-order valence-corrected chi connectivity index (χ4v) is 1.28. The molecule has 0 amide bonds. The van der Waals surface area contributed by atoms with Gasteiger partial charge in [0.2, 0.25) is 5.75 Å². The van der Waals surface area contributed by atoms with Crippen LogP contribution in [0.4, 0.5) is 27.8 Å². The van der Waals surface area contributed by atoms with Crippen LogP contribution >= 0.6 is 0 Å². The summed E-state index contributed by atoms with van der Waals surface area (Å²) in [6.45, 7) is 0. The maximum Gasteiger partial charge on any atom is 0.420 e. The summed E-state index contributed by atoms with van der Waals surface area (Å²) in [7, 11) is 0.703. The van der Waals surface area contributed by atoms with E-state index >= 15 is 0 Å². The highest BCUT2D eigenvalue weighted by atomic mass is 19.4. The molecule has 0 atom stereocenters. The number of hydrogen-bond acceptors (Lipinski definition) is 4. The average Bonchev–Trinajstić information content (AvgIpc) is 2.25. The smallest absolute Gasteiger partial charge is 0.420 e. The summed E-state index contributed by atoms with van der Waals surface area (Å²) >= 11 is 0. The topological polar surface area (TPSA) is 65.3 Å². The minimum atomic E-state index is -5.22. The molecule has 18 heavy (non-hydrogen) atoms. The number of nitro groups is 1. The van der Waals surface area contributed by atoms with E-state index in [0.717, 1.165) is 0 Å². The molecule has 0 N–H and O–H groups in total. The van der Waals surface area contributed by atoms with E-state index in [1.807, 2.05) is 0 Å². The number of halogens is 5. The van der Waals surface area contributed by atoms with E-state index < -0.39 is 40.2 Å². The summed E-state index contributed by atoms with van der Waals surface area (Å²) in [6, 6.07) is 0. The SMILES string of the molecule is COc1c([N+](=O)[O-])ncc(C(F)F)c1C(F)(F)F. The Morgan fingerprint density at radius 1 is 1.44 bits per heavy atom. The van der Waals surface area contributed by atoms with E-state index in [1.54, 1.807) is 0 Å². The van der Waals surface area contributed by atoms with Crippen molar-refractivity contribution in [2.24, 2.45) is 0 Å².